The molecule has 0 radical (unpaired) electrons. The molecule has 10 heteroatoms. The quantitative estimate of drug-likeness (QED) is 0.661. The molecule has 4 N–H and O–H groups in total. The molecular formula is C21H20FN5O3S. The van der Waals surface area contributed by atoms with Gasteiger partial charge in [-0.1, -0.05) is 11.8 Å². The van der Waals surface area contributed by atoms with Gasteiger partial charge in [0.2, 0.25) is 0 Å². The van der Waals surface area contributed by atoms with Crippen molar-refractivity contribution in [3.63, 3.8) is 0 Å². The van der Waals surface area contributed by atoms with Crippen molar-refractivity contribution >= 4 is 28.5 Å². The highest BCUT2D eigenvalue weighted by Gasteiger charge is 2.49. The monoisotopic (exact) mass is 441 g/mol. The molecule has 1 fully saturated rings. The lowest BCUT2D eigenvalue weighted by Gasteiger charge is -2.46. The second-order valence-corrected chi connectivity index (χ2v) is 8.47. The number of amides is 1. The zero-order valence-corrected chi connectivity index (χ0v) is 17.2. The number of halogens is 1. The maximum Gasteiger partial charge on any atom is 0.274 e. The van der Waals surface area contributed by atoms with Crippen LogP contribution in [0.15, 0.2) is 41.5 Å². The SMILES string of the molecule is N#Cc1ccc(C(=O)Nc2ccc(F)c([C@]34CO[C@@H](CO)C[C@H]3CSC(N)=N4)c2)nc1. The fourth-order valence-electron chi connectivity index (χ4n) is 3.90. The van der Waals surface area contributed by atoms with E-state index in [-0.39, 0.29) is 36.5 Å². The molecule has 2 aliphatic heterocycles. The molecule has 1 amide bonds. The molecule has 4 rings (SSSR count). The summed E-state index contributed by atoms with van der Waals surface area (Å²) >= 11 is 1.40. The highest BCUT2D eigenvalue weighted by atomic mass is 32.2. The molecule has 2 aliphatic rings. The molecule has 0 saturated carbocycles. The Hall–Kier alpha value is -3.00. The minimum atomic E-state index is -1.03. The summed E-state index contributed by atoms with van der Waals surface area (Å²) in [6, 6.07) is 9.15. The normalized spacial score (nSPS) is 25.1. The number of benzene rings is 1. The molecular weight excluding hydrogens is 421 g/mol. The van der Waals surface area contributed by atoms with Gasteiger partial charge >= 0.3 is 0 Å². The zero-order valence-electron chi connectivity index (χ0n) is 16.4. The molecule has 1 aromatic carbocycles. The summed E-state index contributed by atoms with van der Waals surface area (Å²) in [6.45, 7) is -0.0394. The number of fused-ring (bicyclic) bond motifs is 1. The summed E-state index contributed by atoms with van der Waals surface area (Å²) in [6.07, 6.45) is 1.50. The van der Waals surface area contributed by atoms with Crippen LogP contribution in [0.1, 0.15) is 28.0 Å². The summed E-state index contributed by atoms with van der Waals surface area (Å²) in [7, 11) is 0. The van der Waals surface area contributed by atoms with Gasteiger partial charge in [0.05, 0.1) is 24.9 Å². The topological polar surface area (TPSA) is 134 Å². The van der Waals surface area contributed by atoms with Crippen LogP contribution >= 0.6 is 11.8 Å². The number of carbonyl (C=O) groups is 1. The maximum absolute atomic E-state index is 15.0. The Morgan fingerprint density at radius 3 is 3.00 bits per heavy atom. The number of carbonyl (C=O) groups excluding carboxylic acids is 1. The molecule has 2 aromatic rings. The van der Waals surface area contributed by atoms with Gasteiger partial charge in [0, 0.05) is 29.1 Å². The minimum absolute atomic E-state index is 0.0790. The predicted molar refractivity (Wildman–Crippen MR) is 114 cm³/mol. The summed E-state index contributed by atoms with van der Waals surface area (Å²) in [5.41, 5.74) is 6.08. The van der Waals surface area contributed by atoms with Crippen molar-refractivity contribution in [1.29, 1.82) is 5.26 Å². The second kappa shape index (κ2) is 8.63. The van der Waals surface area contributed by atoms with E-state index in [0.29, 0.717) is 28.6 Å². The Morgan fingerprint density at radius 1 is 1.45 bits per heavy atom. The van der Waals surface area contributed by atoms with E-state index in [1.54, 1.807) is 6.07 Å². The molecule has 1 saturated heterocycles. The van der Waals surface area contributed by atoms with Crippen LogP contribution in [0.4, 0.5) is 10.1 Å². The standard InChI is InChI=1S/C21H20FN5O3S/c22-17-3-2-14(26-19(29)18-4-1-12(7-23)8-25-18)6-16(17)21-11-30-15(9-28)5-13(21)10-31-20(24)27-21/h1-4,6,8,13,15,28H,5,9-11H2,(H2,24,27)(H,26,29)/t13-,15+,21-/m0/s1. The van der Waals surface area contributed by atoms with Crippen LogP contribution in [0, 0.1) is 23.1 Å². The summed E-state index contributed by atoms with van der Waals surface area (Å²) in [5.74, 6) is -0.427. The average molecular weight is 441 g/mol. The second-order valence-electron chi connectivity index (χ2n) is 7.43. The Kier molecular flexibility index (Phi) is 5.91. The number of thioether (sulfide) groups is 1. The number of pyridine rings is 1. The van der Waals surface area contributed by atoms with Crippen molar-refractivity contribution in [1.82, 2.24) is 4.98 Å². The van der Waals surface area contributed by atoms with Gasteiger partial charge in [-0.3, -0.25) is 4.79 Å². The van der Waals surface area contributed by atoms with Gasteiger partial charge in [0.15, 0.2) is 5.17 Å². The number of hydrogen-bond acceptors (Lipinski definition) is 8. The van der Waals surface area contributed by atoms with Gasteiger partial charge in [-0.25, -0.2) is 14.4 Å². The number of aliphatic hydroxyl groups is 1. The van der Waals surface area contributed by atoms with Crippen LogP contribution in [0.3, 0.4) is 0 Å². The first-order valence-electron chi connectivity index (χ1n) is 9.63. The van der Waals surface area contributed by atoms with E-state index < -0.39 is 17.3 Å². The number of aliphatic hydroxyl groups excluding tert-OH is 1. The number of aromatic nitrogens is 1. The number of nitrogens with two attached hydrogens (primary N) is 1. The molecule has 3 atom stereocenters. The number of aliphatic imine (C=N–C) groups is 1. The molecule has 3 heterocycles. The van der Waals surface area contributed by atoms with Crippen molar-refractivity contribution in [2.45, 2.75) is 18.1 Å². The number of nitrogens with one attached hydrogen (secondary N) is 1. The third-order valence-corrected chi connectivity index (χ3v) is 6.48. The Morgan fingerprint density at radius 2 is 2.29 bits per heavy atom. The van der Waals surface area contributed by atoms with Gasteiger partial charge in [0.1, 0.15) is 23.1 Å². The van der Waals surface area contributed by atoms with Crippen molar-refractivity contribution in [3.8, 4) is 6.07 Å². The molecule has 8 nitrogen and oxygen atoms in total. The fourth-order valence-corrected chi connectivity index (χ4v) is 4.91. The minimum Gasteiger partial charge on any atom is -0.394 e. The highest BCUT2D eigenvalue weighted by molar-refractivity contribution is 8.13. The van der Waals surface area contributed by atoms with Crippen LogP contribution in [0.25, 0.3) is 0 Å². The van der Waals surface area contributed by atoms with E-state index in [4.69, 9.17) is 15.7 Å². The lowest BCUT2D eigenvalue weighted by atomic mass is 9.75. The Balaban J connectivity index is 1.66. The van der Waals surface area contributed by atoms with E-state index >= 15 is 0 Å². The molecule has 0 unspecified atom stereocenters. The van der Waals surface area contributed by atoms with Crippen molar-refractivity contribution in [2.24, 2.45) is 16.6 Å². The van der Waals surface area contributed by atoms with E-state index in [2.05, 4.69) is 15.3 Å². The van der Waals surface area contributed by atoms with E-state index in [1.165, 1.54) is 42.2 Å². The molecule has 0 spiro atoms. The van der Waals surface area contributed by atoms with Crippen LogP contribution in [0.5, 0.6) is 0 Å². The van der Waals surface area contributed by atoms with Crippen molar-refractivity contribution in [3.05, 3.63) is 59.2 Å². The highest BCUT2D eigenvalue weighted by Crippen LogP contribution is 2.47. The van der Waals surface area contributed by atoms with Crippen LogP contribution < -0.4 is 11.1 Å². The largest absolute Gasteiger partial charge is 0.394 e. The van der Waals surface area contributed by atoms with E-state index in [0.717, 1.165) is 0 Å². The number of nitriles is 1. The Bertz CT molecular complexity index is 1070. The van der Waals surface area contributed by atoms with Crippen LogP contribution in [-0.2, 0) is 10.3 Å². The fraction of sp³-hybridized carbons (Fsp3) is 0.333. The van der Waals surface area contributed by atoms with Crippen LogP contribution in [0.2, 0.25) is 0 Å². The van der Waals surface area contributed by atoms with Crippen molar-refractivity contribution < 1.29 is 19.0 Å². The average Bonchev–Trinajstić information content (AvgIpc) is 2.79. The number of amidine groups is 1. The third kappa shape index (κ3) is 4.12. The molecule has 31 heavy (non-hydrogen) atoms. The van der Waals surface area contributed by atoms with Gasteiger partial charge in [0.25, 0.3) is 5.91 Å². The van der Waals surface area contributed by atoms with Gasteiger partial charge in [-0.2, -0.15) is 5.26 Å². The first-order chi connectivity index (χ1) is 14.9. The molecule has 0 bridgehead atoms. The van der Waals surface area contributed by atoms with Gasteiger partial charge < -0.3 is 20.9 Å². The number of nitrogens with zero attached hydrogens (tertiary/aromatic N) is 3. The third-order valence-electron chi connectivity index (χ3n) is 5.52. The number of anilines is 1. The number of rotatable bonds is 4. The lowest BCUT2D eigenvalue weighted by Crippen LogP contribution is -2.51. The smallest absolute Gasteiger partial charge is 0.274 e. The zero-order chi connectivity index (χ0) is 22.0. The van der Waals surface area contributed by atoms with Crippen molar-refractivity contribution in [2.75, 3.05) is 24.3 Å². The maximum atomic E-state index is 15.0. The van der Waals surface area contributed by atoms with Gasteiger partial charge in [-0.15, -0.1) is 0 Å². The first kappa shape index (κ1) is 21.2. The van der Waals surface area contributed by atoms with Crippen LogP contribution in [-0.4, -0.2) is 46.2 Å². The summed E-state index contributed by atoms with van der Waals surface area (Å²) in [4.78, 5) is 21.1. The summed E-state index contributed by atoms with van der Waals surface area (Å²) in [5, 5.41) is 21.4. The predicted octanol–water partition coefficient (Wildman–Crippen LogP) is 2.00. The lowest BCUT2D eigenvalue weighted by molar-refractivity contribution is -0.0770. The number of hydrogen-bond donors (Lipinski definition) is 3. The molecule has 0 aliphatic carbocycles. The van der Waals surface area contributed by atoms with Gasteiger partial charge in [-0.05, 0) is 36.8 Å². The van der Waals surface area contributed by atoms with E-state index in [1.807, 2.05) is 6.07 Å². The first-order valence-corrected chi connectivity index (χ1v) is 10.6. The molecule has 160 valence electrons. The summed E-state index contributed by atoms with van der Waals surface area (Å²) < 4.78 is 20.7. The molecule has 1 aromatic heterocycles. The van der Waals surface area contributed by atoms with E-state index in [9.17, 15) is 14.3 Å². The Labute approximate surface area is 182 Å². The number of ether oxygens (including phenoxy) is 1.